The minimum atomic E-state index is -0.719. The van der Waals surface area contributed by atoms with Crippen LogP contribution < -0.4 is 15.5 Å². The first-order valence-corrected chi connectivity index (χ1v) is 11.4. The molecule has 172 valence electrons. The summed E-state index contributed by atoms with van der Waals surface area (Å²) in [5, 5.41) is 6.01. The van der Waals surface area contributed by atoms with Crippen molar-refractivity contribution in [1.29, 1.82) is 0 Å². The van der Waals surface area contributed by atoms with Gasteiger partial charge >= 0.3 is 0 Å². The second kappa shape index (κ2) is 9.89. The molecule has 3 aromatic carbocycles. The summed E-state index contributed by atoms with van der Waals surface area (Å²) in [4.78, 5) is 39.4. The number of amides is 3. The van der Waals surface area contributed by atoms with Gasteiger partial charge in [0.15, 0.2) is 0 Å². The van der Waals surface area contributed by atoms with E-state index in [4.69, 9.17) is 34.8 Å². The Morgan fingerprint density at radius 2 is 1.62 bits per heavy atom. The molecule has 1 atom stereocenters. The SMILES string of the molecule is CC(NC(=O)c1cccc(NC2=C(Cl)C(=O)N(c3ccc(Cl)cc3Cl)C2=O)c1)c1ccccc1. The Morgan fingerprint density at radius 1 is 0.882 bits per heavy atom. The van der Waals surface area contributed by atoms with E-state index in [1.807, 2.05) is 37.3 Å². The van der Waals surface area contributed by atoms with Crippen LogP contribution >= 0.6 is 34.8 Å². The quantitative estimate of drug-likeness (QED) is 0.400. The Morgan fingerprint density at radius 3 is 2.32 bits per heavy atom. The highest BCUT2D eigenvalue weighted by atomic mass is 35.5. The Kier molecular flexibility index (Phi) is 6.93. The molecule has 1 aliphatic rings. The molecule has 1 heterocycles. The molecule has 1 unspecified atom stereocenters. The first-order chi connectivity index (χ1) is 16.3. The van der Waals surface area contributed by atoms with Gasteiger partial charge in [0, 0.05) is 16.3 Å². The zero-order valence-electron chi connectivity index (χ0n) is 17.8. The van der Waals surface area contributed by atoms with Crippen LogP contribution in [0.5, 0.6) is 0 Å². The molecule has 0 aliphatic carbocycles. The molecule has 4 rings (SSSR count). The number of benzene rings is 3. The normalized spacial score (nSPS) is 14.4. The molecular weight excluding hydrogens is 497 g/mol. The standard InChI is InChI=1S/C25H18Cl3N3O3/c1-14(15-6-3-2-4-7-15)29-23(32)16-8-5-9-18(12-16)30-22-21(28)24(33)31(25(22)34)20-11-10-17(26)13-19(20)27/h2-14,30H,1H3,(H,29,32). The van der Waals surface area contributed by atoms with Crippen molar-refractivity contribution >= 4 is 63.9 Å². The van der Waals surface area contributed by atoms with Gasteiger partial charge in [0.05, 0.1) is 16.8 Å². The van der Waals surface area contributed by atoms with Crippen molar-refractivity contribution in [1.82, 2.24) is 5.32 Å². The number of carbonyl (C=O) groups is 3. The molecule has 3 aromatic rings. The van der Waals surface area contributed by atoms with Crippen LogP contribution in [0.3, 0.4) is 0 Å². The van der Waals surface area contributed by atoms with Gasteiger partial charge in [-0.05, 0) is 48.9 Å². The van der Waals surface area contributed by atoms with E-state index in [0.29, 0.717) is 16.3 Å². The van der Waals surface area contributed by atoms with Gasteiger partial charge in [-0.3, -0.25) is 14.4 Å². The predicted octanol–water partition coefficient (Wildman–Crippen LogP) is 5.92. The van der Waals surface area contributed by atoms with Crippen molar-refractivity contribution in [2.45, 2.75) is 13.0 Å². The summed E-state index contributed by atoms with van der Waals surface area (Å²) in [6.07, 6.45) is 0. The maximum Gasteiger partial charge on any atom is 0.283 e. The number of anilines is 2. The van der Waals surface area contributed by atoms with Gasteiger partial charge in [-0.15, -0.1) is 0 Å². The van der Waals surface area contributed by atoms with Gasteiger partial charge < -0.3 is 10.6 Å². The maximum atomic E-state index is 13.0. The van der Waals surface area contributed by atoms with Crippen LogP contribution in [0.15, 0.2) is 83.5 Å². The van der Waals surface area contributed by atoms with E-state index in [2.05, 4.69) is 10.6 Å². The van der Waals surface area contributed by atoms with Gasteiger partial charge in [-0.1, -0.05) is 71.2 Å². The number of hydrogen-bond acceptors (Lipinski definition) is 4. The van der Waals surface area contributed by atoms with Crippen molar-refractivity contribution < 1.29 is 14.4 Å². The monoisotopic (exact) mass is 513 g/mol. The van der Waals surface area contributed by atoms with Crippen molar-refractivity contribution in [3.63, 3.8) is 0 Å². The van der Waals surface area contributed by atoms with Crippen LogP contribution in [0.2, 0.25) is 10.0 Å². The molecule has 0 aromatic heterocycles. The van der Waals surface area contributed by atoms with Gasteiger partial charge in [-0.25, -0.2) is 4.90 Å². The first-order valence-electron chi connectivity index (χ1n) is 10.2. The zero-order valence-corrected chi connectivity index (χ0v) is 20.1. The molecule has 2 N–H and O–H groups in total. The third-order valence-electron chi connectivity index (χ3n) is 5.22. The van der Waals surface area contributed by atoms with Crippen molar-refractivity contribution in [3.8, 4) is 0 Å². The summed E-state index contributed by atoms with van der Waals surface area (Å²) in [5.74, 6) is -1.68. The summed E-state index contributed by atoms with van der Waals surface area (Å²) < 4.78 is 0. The minimum Gasteiger partial charge on any atom is -0.350 e. The number of hydrogen-bond donors (Lipinski definition) is 2. The molecule has 0 radical (unpaired) electrons. The average molecular weight is 515 g/mol. The minimum absolute atomic E-state index is 0.118. The van der Waals surface area contributed by atoms with E-state index in [-0.39, 0.29) is 33.4 Å². The van der Waals surface area contributed by atoms with Crippen LogP contribution in [-0.2, 0) is 9.59 Å². The summed E-state index contributed by atoms with van der Waals surface area (Å²) in [6, 6.07) is 20.3. The Labute approximate surface area is 211 Å². The summed E-state index contributed by atoms with van der Waals surface area (Å²) in [6.45, 7) is 1.89. The largest absolute Gasteiger partial charge is 0.350 e. The molecule has 0 fully saturated rings. The van der Waals surface area contributed by atoms with E-state index in [9.17, 15) is 14.4 Å². The summed E-state index contributed by atoms with van der Waals surface area (Å²) in [5.41, 5.74) is 1.81. The van der Waals surface area contributed by atoms with E-state index in [0.717, 1.165) is 10.5 Å². The Hall–Kier alpha value is -3.32. The lowest BCUT2D eigenvalue weighted by Gasteiger charge is -2.17. The van der Waals surface area contributed by atoms with E-state index >= 15 is 0 Å². The van der Waals surface area contributed by atoms with E-state index < -0.39 is 11.8 Å². The number of imide groups is 1. The predicted molar refractivity (Wildman–Crippen MR) is 134 cm³/mol. The molecule has 0 spiro atoms. The van der Waals surface area contributed by atoms with Crippen molar-refractivity contribution in [3.05, 3.63) is 105 Å². The highest BCUT2D eigenvalue weighted by molar-refractivity contribution is 6.54. The van der Waals surface area contributed by atoms with Crippen LogP contribution in [0, 0.1) is 0 Å². The number of halogens is 3. The smallest absolute Gasteiger partial charge is 0.283 e. The fourth-order valence-electron chi connectivity index (χ4n) is 3.48. The van der Waals surface area contributed by atoms with Crippen LogP contribution in [0.25, 0.3) is 0 Å². The topological polar surface area (TPSA) is 78.5 Å². The van der Waals surface area contributed by atoms with Crippen LogP contribution in [-0.4, -0.2) is 17.7 Å². The second-order valence-corrected chi connectivity index (χ2v) is 8.76. The van der Waals surface area contributed by atoms with Gasteiger partial charge in [0.25, 0.3) is 17.7 Å². The molecule has 3 amide bonds. The Bertz CT molecular complexity index is 1330. The molecular formula is C25H18Cl3N3O3. The third-order valence-corrected chi connectivity index (χ3v) is 6.11. The number of nitrogens with zero attached hydrogens (tertiary/aromatic N) is 1. The summed E-state index contributed by atoms with van der Waals surface area (Å²) in [7, 11) is 0. The molecule has 6 nitrogen and oxygen atoms in total. The van der Waals surface area contributed by atoms with Crippen molar-refractivity contribution in [2.75, 3.05) is 10.2 Å². The van der Waals surface area contributed by atoms with Crippen molar-refractivity contribution in [2.24, 2.45) is 0 Å². The number of carbonyl (C=O) groups excluding carboxylic acids is 3. The van der Waals surface area contributed by atoms with E-state index in [1.165, 1.54) is 18.2 Å². The van der Waals surface area contributed by atoms with Gasteiger partial charge in [0.1, 0.15) is 10.7 Å². The number of nitrogens with one attached hydrogen (secondary N) is 2. The molecule has 34 heavy (non-hydrogen) atoms. The maximum absolute atomic E-state index is 13.0. The van der Waals surface area contributed by atoms with Gasteiger partial charge in [0.2, 0.25) is 0 Å². The zero-order chi connectivity index (χ0) is 24.4. The highest BCUT2D eigenvalue weighted by Crippen LogP contribution is 2.35. The molecule has 9 heteroatoms. The first kappa shape index (κ1) is 23.8. The summed E-state index contributed by atoms with van der Waals surface area (Å²) >= 11 is 18.3. The molecule has 0 saturated heterocycles. The molecule has 1 aliphatic heterocycles. The Balaban J connectivity index is 1.53. The highest BCUT2D eigenvalue weighted by Gasteiger charge is 2.39. The fraction of sp³-hybridized carbons (Fsp3) is 0.0800. The molecule has 0 bridgehead atoms. The lowest BCUT2D eigenvalue weighted by Crippen LogP contribution is -2.32. The fourth-order valence-corrected chi connectivity index (χ4v) is 4.19. The van der Waals surface area contributed by atoms with E-state index in [1.54, 1.807) is 24.3 Å². The average Bonchev–Trinajstić information content (AvgIpc) is 3.03. The van der Waals surface area contributed by atoms with Crippen LogP contribution in [0.4, 0.5) is 11.4 Å². The molecule has 0 saturated carbocycles. The third kappa shape index (κ3) is 4.80. The number of rotatable bonds is 6. The van der Waals surface area contributed by atoms with Gasteiger partial charge in [-0.2, -0.15) is 0 Å². The van der Waals surface area contributed by atoms with Crippen LogP contribution in [0.1, 0.15) is 28.9 Å². The lowest BCUT2D eigenvalue weighted by atomic mass is 10.1. The lowest BCUT2D eigenvalue weighted by molar-refractivity contribution is -0.120. The second-order valence-electron chi connectivity index (χ2n) is 7.54.